The molecule has 3 atom stereocenters. The van der Waals surface area contributed by atoms with Gasteiger partial charge in [-0.3, -0.25) is 4.79 Å². The third-order valence-corrected chi connectivity index (χ3v) is 4.57. The maximum atomic E-state index is 12.4. The molecule has 1 aliphatic carbocycles. The van der Waals surface area contributed by atoms with Crippen molar-refractivity contribution in [1.29, 1.82) is 0 Å². The molecule has 1 saturated carbocycles. The van der Waals surface area contributed by atoms with E-state index in [4.69, 9.17) is 18.9 Å². The summed E-state index contributed by atoms with van der Waals surface area (Å²) in [4.78, 5) is 12.4. The van der Waals surface area contributed by atoms with Crippen LogP contribution in [0.4, 0.5) is 0 Å². The van der Waals surface area contributed by atoms with Crippen LogP contribution >= 0.6 is 0 Å². The van der Waals surface area contributed by atoms with Crippen LogP contribution in [0.5, 0.6) is 5.75 Å². The smallest absolute Gasteiger partial charge is 0.164 e. The predicted octanol–water partition coefficient (Wildman–Crippen LogP) is 2.85. The molecule has 126 valence electrons. The van der Waals surface area contributed by atoms with Crippen LogP contribution in [0.15, 0.2) is 24.3 Å². The molecule has 0 bridgehead atoms. The number of hydrogen-bond acceptors (Lipinski definition) is 5. The number of rotatable bonds is 4. The number of carbonyl (C=O) groups excluding carboxylic acids is 1. The second-order valence-corrected chi connectivity index (χ2v) is 6.84. The first-order valence-electron chi connectivity index (χ1n) is 7.99. The maximum absolute atomic E-state index is 12.4. The molecule has 1 aromatic carbocycles. The highest BCUT2D eigenvalue weighted by molar-refractivity contribution is 5.85. The Kier molecular flexibility index (Phi) is 4.21. The Morgan fingerprint density at radius 1 is 1.22 bits per heavy atom. The molecule has 23 heavy (non-hydrogen) atoms. The van der Waals surface area contributed by atoms with Crippen LogP contribution < -0.4 is 4.74 Å². The number of ketones is 1. The van der Waals surface area contributed by atoms with Crippen molar-refractivity contribution in [3.63, 3.8) is 0 Å². The third kappa shape index (κ3) is 3.13. The molecule has 5 nitrogen and oxygen atoms in total. The lowest BCUT2D eigenvalue weighted by atomic mass is 9.80. The summed E-state index contributed by atoms with van der Waals surface area (Å²) in [6.45, 7) is 6.03. The van der Waals surface area contributed by atoms with E-state index in [9.17, 15) is 4.79 Å². The minimum absolute atomic E-state index is 0.0820. The lowest BCUT2D eigenvalue weighted by molar-refractivity contribution is -0.191. The van der Waals surface area contributed by atoms with Gasteiger partial charge in [0.2, 0.25) is 0 Å². The Hall–Kier alpha value is -1.43. The van der Waals surface area contributed by atoms with Gasteiger partial charge in [-0.25, -0.2) is 0 Å². The Morgan fingerprint density at radius 2 is 1.91 bits per heavy atom. The molecule has 3 rings (SSSR count). The van der Waals surface area contributed by atoms with E-state index in [-0.39, 0.29) is 11.9 Å². The van der Waals surface area contributed by atoms with E-state index < -0.39 is 17.5 Å². The lowest BCUT2D eigenvalue weighted by Crippen LogP contribution is -2.56. The highest BCUT2D eigenvalue weighted by Crippen LogP contribution is 2.44. The van der Waals surface area contributed by atoms with E-state index >= 15 is 0 Å². The predicted molar refractivity (Wildman–Crippen MR) is 84.3 cm³/mol. The fraction of sp³-hybridized carbons (Fsp3) is 0.611. The number of benzene rings is 1. The molecule has 0 unspecified atom stereocenters. The summed E-state index contributed by atoms with van der Waals surface area (Å²) in [5, 5.41) is 0. The molecular weight excluding hydrogens is 296 g/mol. The van der Waals surface area contributed by atoms with Crippen molar-refractivity contribution >= 4 is 5.78 Å². The molecule has 0 aromatic heterocycles. The van der Waals surface area contributed by atoms with E-state index in [1.54, 1.807) is 7.11 Å². The van der Waals surface area contributed by atoms with Gasteiger partial charge in [-0.2, -0.15) is 0 Å². The Bertz CT molecular complexity index is 580. The van der Waals surface area contributed by atoms with Crippen LogP contribution in [0, 0.1) is 0 Å². The fourth-order valence-electron chi connectivity index (χ4n) is 3.53. The quantitative estimate of drug-likeness (QED) is 0.854. The zero-order chi connectivity index (χ0) is 16.7. The van der Waals surface area contributed by atoms with E-state index in [0.29, 0.717) is 19.4 Å². The van der Waals surface area contributed by atoms with Crippen LogP contribution in [0.3, 0.4) is 0 Å². The van der Waals surface area contributed by atoms with Gasteiger partial charge < -0.3 is 18.9 Å². The van der Waals surface area contributed by atoms with Gasteiger partial charge in [0, 0.05) is 6.42 Å². The summed E-state index contributed by atoms with van der Waals surface area (Å²) in [7, 11) is 1.63. The van der Waals surface area contributed by atoms with Gasteiger partial charge in [-0.1, -0.05) is 12.1 Å². The molecule has 0 spiro atoms. The van der Waals surface area contributed by atoms with Crippen LogP contribution in [-0.2, 0) is 25.6 Å². The summed E-state index contributed by atoms with van der Waals surface area (Å²) < 4.78 is 23.1. The Balaban J connectivity index is 1.73. The first-order chi connectivity index (χ1) is 10.8. The van der Waals surface area contributed by atoms with Gasteiger partial charge in [-0.15, -0.1) is 0 Å². The lowest BCUT2D eigenvalue weighted by Gasteiger charge is -2.39. The number of Topliss-reactive ketones (excluding diaryl/α,β-unsaturated/α-hetero) is 1. The van der Waals surface area contributed by atoms with E-state index in [2.05, 4.69) is 0 Å². The molecule has 1 aromatic rings. The van der Waals surface area contributed by atoms with Crippen molar-refractivity contribution in [2.24, 2.45) is 0 Å². The largest absolute Gasteiger partial charge is 0.497 e. The minimum Gasteiger partial charge on any atom is -0.497 e. The van der Waals surface area contributed by atoms with Crippen molar-refractivity contribution in [2.45, 2.75) is 63.8 Å². The summed E-state index contributed by atoms with van der Waals surface area (Å²) in [5.74, 6) is 0.188. The van der Waals surface area contributed by atoms with Crippen LogP contribution in [0.2, 0.25) is 0 Å². The Morgan fingerprint density at radius 3 is 2.57 bits per heavy atom. The molecule has 5 heteroatoms. The average Bonchev–Trinajstić information content (AvgIpc) is 2.75. The summed E-state index contributed by atoms with van der Waals surface area (Å²) in [6.07, 6.45) is 0.426. The zero-order valence-electron chi connectivity index (χ0n) is 14.1. The molecule has 1 aliphatic heterocycles. The second kappa shape index (κ2) is 5.89. The van der Waals surface area contributed by atoms with Gasteiger partial charge in [0.1, 0.15) is 17.5 Å². The number of hydrogen-bond donors (Lipinski definition) is 0. The summed E-state index contributed by atoms with van der Waals surface area (Å²) in [5.41, 5.74) is 0.258. The van der Waals surface area contributed by atoms with Crippen LogP contribution in [0.25, 0.3) is 0 Å². The number of methoxy groups -OCH3 is 1. The number of carbonyl (C=O) groups is 1. The molecule has 0 amide bonds. The zero-order valence-corrected chi connectivity index (χ0v) is 14.1. The number of fused-ring (bicyclic) bond motifs is 1. The van der Waals surface area contributed by atoms with Crippen LogP contribution in [0.1, 0.15) is 39.2 Å². The molecule has 1 heterocycles. The first kappa shape index (κ1) is 16.4. The van der Waals surface area contributed by atoms with Crippen molar-refractivity contribution in [2.75, 3.05) is 7.11 Å². The molecule has 0 N–H and O–H groups in total. The fourth-order valence-corrected chi connectivity index (χ4v) is 3.53. The normalized spacial score (nSPS) is 32.6. The van der Waals surface area contributed by atoms with Gasteiger partial charge in [0.05, 0.1) is 19.8 Å². The SMILES string of the molecule is COc1ccc(CO[C@@H]2C(=O)CC[C@H]3OC(C)(C)O[C@@]23C)cc1. The number of ether oxygens (including phenoxy) is 4. The maximum Gasteiger partial charge on any atom is 0.164 e. The highest BCUT2D eigenvalue weighted by atomic mass is 16.8. The summed E-state index contributed by atoms with van der Waals surface area (Å²) in [6, 6.07) is 7.62. The molecule has 0 radical (unpaired) electrons. The van der Waals surface area contributed by atoms with Gasteiger partial charge in [-0.05, 0) is 44.9 Å². The molecule has 2 fully saturated rings. The molecule has 2 aliphatic rings. The van der Waals surface area contributed by atoms with Crippen molar-refractivity contribution < 1.29 is 23.7 Å². The topological polar surface area (TPSA) is 54.0 Å². The van der Waals surface area contributed by atoms with E-state index in [0.717, 1.165) is 11.3 Å². The molecule has 1 saturated heterocycles. The second-order valence-electron chi connectivity index (χ2n) is 6.84. The van der Waals surface area contributed by atoms with Crippen molar-refractivity contribution in [3.05, 3.63) is 29.8 Å². The highest BCUT2D eigenvalue weighted by Gasteiger charge is 2.59. The van der Waals surface area contributed by atoms with Crippen LogP contribution in [-0.4, -0.2) is 36.5 Å². The van der Waals surface area contributed by atoms with Gasteiger partial charge in [0.25, 0.3) is 0 Å². The first-order valence-corrected chi connectivity index (χ1v) is 7.99. The van der Waals surface area contributed by atoms with E-state index in [1.165, 1.54) is 0 Å². The summed E-state index contributed by atoms with van der Waals surface area (Å²) >= 11 is 0. The van der Waals surface area contributed by atoms with Gasteiger partial charge in [0.15, 0.2) is 11.6 Å². The standard InChI is InChI=1S/C18H24O5/c1-17(2)22-15-10-9-14(19)16(18(15,3)23-17)21-11-12-5-7-13(20-4)8-6-12/h5-8,15-16H,9-11H2,1-4H3/t15-,16-,18-/m1/s1. The molecular formula is C18H24O5. The van der Waals surface area contributed by atoms with E-state index in [1.807, 2.05) is 45.0 Å². The monoisotopic (exact) mass is 320 g/mol. The van der Waals surface area contributed by atoms with Gasteiger partial charge >= 0.3 is 0 Å². The third-order valence-electron chi connectivity index (χ3n) is 4.57. The minimum atomic E-state index is -0.731. The average molecular weight is 320 g/mol. The Labute approximate surface area is 136 Å². The van der Waals surface area contributed by atoms with Crippen molar-refractivity contribution in [1.82, 2.24) is 0 Å². The van der Waals surface area contributed by atoms with Crippen molar-refractivity contribution in [3.8, 4) is 5.75 Å².